The zero-order valence-electron chi connectivity index (χ0n) is 13.5. The maximum absolute atomic E-state index is 12.0. The van der Waals surface area contributed by atoms with Gasteiger partial charge in [0.15, 0.2) is 0 Å². The van der Waals surface area contributed by atoms with Crippen molar-refractivity contribution in [1.82, 2.24) is 14.7 Å². The van der Waals surface area contributed by atoms with Gasteiger partial charge in [-0.1, -0.05) is 13.8 Å². The molecular formula is C17H23N3O2. The molecule has 0 amide bonds. The molecular weight excluding hydrogens is 278 g/mol. The number of methoxy groups -OCH3 is 1. The number of rotatable bonds is 7. The molecule has 118 valence electrons. The lowest BCUT2D eigenvalue weighted by Gasteiger charge is -2.18. The first-order valence-corrected chi connectivity index (χ1v) is 7.62. The van der Waals surface area contributed by atoms with Gasteiger partial charge in [-0.25, -0.2) is 4.68 Å². The zero-order chi connectivity index (χ0) is 15.9. The molecule has 0 aliphatic carbocycles. The minimum atomic E-state index is -0.0654. The normalized spacial score (nSPS) is 10.9. The van der Waals surface area contributed by atoms with E-state index in [0.717, 1.165) is 36.6 Å². The summed E-state index contributed by atoms with van der Waals surface area (Å²) in [6.07, 6.45) is 0. The highest BCUT2D eigenvalue weighted by atomic mass is 16.5. The Labute approximate surface area is 131 Å². The van der Waals surface area contributed by atoms with Crippen LogP contribution in [-0.4, -0.2) is 41.4 Å². The molecule has 0 radical (unpaired) electrons. The number of aromatic nitrogens is 2. The fraction of sp³-hybridized carbons (Fsp3) is 0.412. The van der Waals surface area contributed by atoms with Crippen molar-refractivity contribution in [2.45, 2.75) is 20.4 Å². The van der Waals surface area contributed by atoms with E-state index in [2.05, 4.69) is 23.8 Å². The molecule has 5 heteroatoms. The topological polar surface area (TPSA) is 47.4 Å². The van der Waals surface area contributed by atoms with E-state index >= 15 is 0 Å². The van der Waals surface area contributed by atoms with Gasteiger partial charge in [0.25, 0.3) is 5.56 Å². The van der Waals surface area contributed by atoms with Crippen molar-refractivity contribution in [3.63, 3.8) is 0 Å². The fourth-order valence-corrected chi connectivity index (χ4v) is 2.30. The van der Waals surface area contributed by atoms with Crippen LogP contribution in [-0.2, 0) is 6.54 Å². The summed E-state index contributed by atoms with van der Waals surface area (Å²) in [6, 6.07) is 11.0. The van der Waals surface area contributed by atoms with E-state index in [1.54, 1.807) is 19.2 Å². The molecule has 1 aromatic heterocycles. The molecule has 5 nitrogen and oxygen atoms in total. The largest absolute Gasteiger partial charge is 0.497 e. The lowest BCUT2D eigenvalue weighted by Crippen LogP contribution is -2.31. The van der Waals surface area contributed by atoms with Crippen LogP contribution >= 0.6 is 0 Å². The first-order chi connectivity index (χ1) is 10.7. The summed E-state index contributed by atoms with van der Waals surface area (Å²) in [4.78, 5) is 14.2. The standard InChI is InChI=1S/C17H23N3O2/c1-4-19(5-2)12-13-20-17(21)11-10-16(18-20)14-6-8-15(22-3)9-7-14/h6-11H,4-5,12-13H2,1-3H3. The predicted octanol–water partition coefficient (Wildman–Crippen LogP) is 2.26. The van der Waals surface area contributed by atoms with E-state index in [0.29, 0.717) is 6.54 Å². The summed E-state index contributed by atoms with van der Waals surface area (Å²) < 4.78 is 6.70. The second-order valence-electron chi connectivity index (χ2n) is 5.04. The summed E-state index contributed by atoms with van der Waals surface area (Å²) >= 11 is 0. The highest BCUT2D eigenvalue weighted by Gasteiger charge is 2.05. The van der Waals surface area contributed by atoms with Crippen molar-refractivity contribution in [3.8, 4) is 17.0 Å². The summed E-state index contributed by atoms with van der Waals surface area (Å²) in [5.41, 5.74) is 1.70. The summed E-state index contributed by atoms with van der Waals surface area (Å²) in [7, 11) is 1.64. The van der Waals surface area contributed by atoms with Crippen LogP contribution in [0.5, 0.6) is 5.75 Å². The van der Waals surface area contributed by atoms with Gasteiger partial charge in [-0.15, -0.1) is 0 Å². The Morgan fingerprint density at radius 3 is 2.36 bits per heavy atom. The van der Waals surface area contributed by atoms with Crippen LogP contribution < -0.4 is 10.3 Å². The molecule has 0 aliphatic rings. The van der Waals surface area contributed by atoms with Crippen molar-refractivity contribution in [2.75, 3.05) is 26.7 Å². The number of ether oxygens (including phenoxy) is 1. The molecule has 22 heavy (non-hydrogen) atoms. The first kappa shape index (κ1) is 16.2. The number of nitrogens with zero attached hydrogens (tertiary/aromatic N) is 3. The second kappa shape index (κ2) is 7.75. The number of likely N-dealkylation sites (N-methyl/N-ethyl adjacent to an activating group) is 1. The Hall–Kier alpha value is -2.14. The fourth-order valence-electron chi connectivity index (χ4n) is 2.30. The van der Waals surface area contributed by atoms with Crippen LogP contribution in [0.3, 0.4) is 0 Å². The molecule has 1 heterocycles. The highest BCUT2D eigenvalue weighted by Crippen LogP contribution is 2.19. The van der Waals surface area contributed by atoms with Gasteiger partial charge in [0.2, 0.25) is 0 Å². The van der Waals surface area contributed by atoms with Gasteiger partial charge in [-0.3, -0.25) is 4.79 Å². The average molecular weight is 301 g/mol. The quantitative estimate of drug-likeness (QED) is 0.787. The van der Waals surface area contributed by atoms with Crippen molar-refractivity contribution < 1.29 is 4.74 Å². The van der Waals surface area contributed by atoms with E-state index < -0.39 is 0 Å². The third kappa shape index (κ3) is 3.95. The zero-order valence-corrected chi connectivity index (χ0v) is 13.5. The summed E-state index contributed by atoms with van der Waals surface area (Å²) in [6.45, 7) is 7.62. The third-order valence-electron chi connectivity index (χ3n) is 3.77. The van der Waals surface area contributed by atoms with Crippen molar-refractivity contribution in [3.05, 3.63) is 46.8 Å². The van der Waals surface area contributed by atoms with Crippen LogP contribution in [0.15, 0.2) is 41.2 Å². The smallest absolute Gasteiger partial charge is 0.266 e. The average Bonchev–Trinajstić information content (AvgIpc) is 2.57. The van der Waals surface area contributed by atoms with Crippen LogP contribution in [0, 0.1) is 0 Å². The van der Waals surface area contributed by atoms with Crippen LogP contribution in [0.25, 0.3) is 11.3 Å². The van der Waals surface area contributed by atoms with Crippen LogP contribution in [0.4, 0.5) is 0 Å². The Bertz CT molecular complexity index is 646. The summed E-state index contributed by atoms with van der Waals surface area (Å²) in [5, 5.41) is 4.48. The molecule has 0 saturated heterocycles. The minimum absolute atomic E-state index is 0.0654. The van der Waals surface area contributed by atoms with E-state index in [9.17, 15) is 4.79 Å². The Kier molecular flexibility index (Phi) is 5.72. The molecule has 2 rings (SSSR count). The molecule has 0 aliphatic heterocycles. The molecule has 0 atom stereocenters. The highest BCUT2D eigenvalue weighted by molar-refractivity contribution is 5.59. The van der Waals surface area contributed by atoms with Gasteiger partial charge in [0.1, 0.15) is 5.75 Å². The lowest BCUT2D eigenvalue weighted by atomic mass is 10.1. The predicted molar refractivity (Wildman–Crippen MR) is 88.3 cm³/mol. The van der Waals surface area contributed by atoms with Gasteiger partial charge in [-0.2, -0.15) is 5.10 Å². The van der Waals surface area contributed by atoms with Gasteiger partial charge in [0, 0.05) is 18.2 Å². The number of benzene rings is 1. The Morgan fingerprint density at radius 1 is 1.09 bits per heavy atom. The minimum Gasteiger partial charge on any atom is -0.497 e. The van der Waals surface area contributed by atoms with Gasteiger partial charge in [0.05, 0.1) is 19.3 Å². The molecule has 0 N–H and O–H groups in total. The first-order valence-electron chi connectivity index (χ1n) is 7.62. The van der Waals surface area contributed by atoms with E-state index in [-0.39, 0.29) is 5.56 Å². The van der Waals surface area contributed by atoms with Crippen LogP contribution in [0.2, 0.25) is 0 Å². The van der Waals surface area contributed by atoms with E-state index in [1.165, 1.54) is 4.68 Å². The SMILES string of the molecule is CCN(CC)CCn1nc(-c2ccc(OC)cc2)ccc1=O. The molecule has 0 saturated carbocycles. The maximum atomic E-state index is 12.0. The monoisotopic (exact) mass is 301 g/mol. The Balaban J connectivity index is 2.20. The van der Waals surface area contributed by atoms with Crippen LogP contribution in [0.1, 0.15) is 13.8 Å². The van der Waals surface area contributed by atoms with E-state index in [1.807, 2.05) is 24.3 Å². The third-order valence-corrected chi connectivity index (χ3v) is 3.77. The Morgan fingerprint density at radius 2 is 1.77 bits per heavy atom. The van der Waals surface area contributed by atoms with E-state index in [4.69, 9.17) is 4.74 Å². The molecule has 0 spiro atoms. The van der Waals surface area contributed by atoms with Gasteiger partial charge in [-0.05, 0) is 43.4 Å². The maximum Gasteiger partial charge on any atom is 0.266 e. The summed E-state index contributed by atoms with van der Waals surface area (Å²) in [5.74, 6) is 0.804. The van der Waals surface area contributed by atoms with Crippen molar-refractivity contribution in [1.29, 1.82) is 0 Å². The molecule has 2 aromatic rings. The lowest BCUT2D eigenvalue weighted by molar-refractivity contribution is 0.283. The van der Waals surface area contributed by atoms with Crippen molar-refractivity contribution in [2.24, 2.45) is 0 Å². The molecule has 0 fully saturated rings. The van der Waals surface area contributed by atoms with Gasteiger partial charge >= 0.3 is 0 Å². The molecule has 1 aromatic carbocycles. The number of hydrogen-bond acceptors (Lipinski definition) is 4. The van der Waals surface area contributed by atoms with Crippen molar-refractivity contribution >= 4 is 0 Å². The second-order valence-corrected chi connectivity index (χ2v) is 5.04. The number of hydrogen-bond donors (Lipinski definition) is 0. The van der Waals surface area contributed by atoms with Gasteiger partial charge < -0.3 is 9.64 Å². The molecule has 0 unspecified atom stereocenters. The molecule has 0 bridgehead atoms.